The van der Waals surface area contributed by atoms with Gasteiger partial charge in [0, 0.05) is 29.8 Å². The number of aromatic nitrogens is 4. The summed E-state index contributed by atoms with van der Waals surface area (Å²) in [4.78, 5) is 5.90. The molecule has 1 unspecified atom stereocenters. The Morgan fingerprint density at radius 3 is 2.64 bits per heavy atom. The third-order valence-electron chi connectivity index (χ3n) is 4.72. The van der Waals surface area contributed by atoms with E-state index in [4.69, 9.17) is 12.2 Å². The maximum absolute atomic E-state index is 13.1. The molecule has 1 N–H and O–H groups in total. The Morgan fingerprint density at radius 2 is 1.96 bits per heavy atom. The van der Waals surface area contributed by atoms with Crippen LogP contribution >= 0.6 is 12.2 Å². The van der Waals surface area contributed by atoms with Crippen molar-refractivity contribution in [2.75, 3.05) is 0 Å². The van der Waals surface area contributed by atoms with Crippen LogP contribution in [0.1, 0.15) is 29.8 Å². The maximum Gasteiger partial charge on any atom is 0.254 e. The molecular formula is C18H21FN5S+. The molecule has 0 aliphatic heterocycles. The van der Waals surface area contributed by atoms with Gasteiger partial charge in [0.15, 0.2) is 6.67 Å². The van der Waals surface area contributed by atoms with Crippen molar-refractivity contribution in [3.05, 3.63) is 57.9 Å². The van der Waals surface area contributed by atoms with Crippen LogP contribution in [0, 0.1) is 24.4 Å². The number of nitrogens with zero attached hydrogens (tertiary/aromatic N) is 4. The van der Waals surface area contributed by atoms with Crippen LogP contribution in [0.3, 0.4) is 0 Å². The standard InChI is InChI=1S/C18H20FN5S/c1-12-9-13(2)24-17(20-12)21-23(18(24)25)11-22(16-7-8-16)10-14-3-5-15(19)6-4-14/h3-6,9,16H,7-8,10-11H2,1-2H3/p+1. The predicted octanol–water partition coefficient (Wildman–Crippen LogP) is 2.22. The quantitative estimate of drug-likeness (QED) is 0.711. The average molecular weight is 358 g/mol. The number of benzene rings is 1. The fraction of sp³-hybridized carbons (Fsp3) is 0.389. The molecule has 1 aliphatic rings. The smallest absolute Gasteiger partial charge is 0.254 e. The van der Waals surface area contributed by atoms with Crippen LogP contribution in [0.15, 0.2) is 30.3 Å². The number of hydrogen-bond donors (Lipinski definition) is 1. The third kappa shape index (κ3) is 3.34. The molecule has 1 atom stereocenters. The van der Waals surface area contributed by atoms with E-state index in [1.807, 2.05) is 41.1 Å². The Hall–Kier alpha value is -2.12. The lowest BCUT2D eigenvalue weighted by Crippen LogP contribution is -3.11. The summed E-state index contributed by atoms with van der Waals surface area (Å²) in [5.41, 5.74) is 3.11. The first-order valence-electron chi connectivity index (χ1n) is 8.54. The molecular weight excluding hydrogens is 337 g/mol. The number of fused-ring (bicyclic) bond motifs is 1. The molecule has 4 rings (SSSR count). The minimum Gasteiger partial charge on any atom is -0.310 e. The Labute approximate surface area is 150 Å². The van der Waals surface area contributed by atoms with E-state index in [1.54, 1.807) is 0 Å². The summed E-state index contributed by atoms with van der Waals surface area (Å²) in [5.74, 6) is 0.454. The number of aryl methyl sites for hydroxylation is 2. The highest BCUT2D eigenvalue weighted by Crippen LogP contribution is 2.16. The zero-order valence-electron chi connectivity index (χ0n) is 14.4. The number of hydrogen-bond acceptors (Lipinski definition) is 3. The molecule has 1 saturated carbocycles. The minimum absolute atomic E-state index is 0.198. The fourth-order valence-electron chi connectivity index (χ4n) is 3.31. The summed E-state index contributed by atoms with van der Waals surface area (Å²) in [7, 11) is 0. The highest BCUT2D eigenvalue weighted by molar-refractivity contribution is 7.71. The van der Waals surface area contributed by atoms with Gasteiger partial charge >= 0.3 is 0 Å². The van der Waals surface area contributed by atoms with E-state index in [0.717, 1.165) is 23.5 Å². The van der Waals surface area contributed by atoms with Gasteiger partial charge in [-0.05, 0) is 44.3 Å². The molecule has 0 saturated heterocycles. The molecule has 1 aliphatic carbocycles. The second-order valence-corrected chi connectivity index (χ2v) is 7.22. The van der Waals surface area contributed by atoms with Crippen molar-refractivity contribution in [3.8, 4) is 0 Å². The van der Waals surface area contributed by atoms with Crippen molar-refractivity contribution < 1.29 is 9.29 Å². The topological polar surface area (TPSA) is 39.6 Å². The first kappa shape index (κ1) is 16.4. The van der Waals surface area contributed by atoms with Gasteiger partial charge in [-0.3, -0.25) is 4.40 Å². The normalized spacial score (nSPS) is 15.6. The van der Waals surface area contributed by atoms with Crippen molar-refractivity contribution in [1.82, 2.24) is 19.2 Å². The first-order chi connectivity index (χ1) is 12.0. The molecule has 0 bridgehead atoms. The molecule has 2 aromatic heterocycles. The molecule has 5 nitrogen and oxygen atoms in total. The number of rotatable bonds is 5. The van der Waals surface area contributed by atoms with Crippen molar-refractivity contribution in [2.24, 2.45) is 0 Å². The zero-order valence-corrected chi connectivity index (χ0v) is 15.2. The molecule has 130 valence electrons. The van der Waals surface area contributed by atoms with Gasteiger partial charge in [0.05, 0.1) is 6.04 Å². The summed E-state index contributed by atoms with van der Waals surface area (Å²) in [6, 6.07) is 9.39. The van der Waals surface area contributed by atoms with Gasteiger partial charge in [-0.15, -0.1) is 5.10 Å². The van der Waals surface area contributed by atoms with E-state index in [9.17, 15) is 4.39 Å². The van der Waals surface area contributed by atoms with Gasteiger partial charge < -0.3 is 4.90 Å². The van der Waals surface area contributed by atoms with E-state index in [2.05, 4.69) is 10.1 Å². The van der Waals surface area contributed by atoms with Crippen LogP contribution < -0.4 is 4.90 Å². The molecule has 1 aromatic carbocycles. The second kappa shape index (κ2) is 6.31. The number of quaternary nitrogens is 1. The fourth-order valence-corrected chi connectivity index (χ4v) is 3.65. The summed E-state index contributed by atoms with van der Waals surface area (Å²) in [6.07, 6.45) is 2.43. The molecule has 25 heavy (non-hydrogen) atoms. The monoisotopic (exact) mass is 358 g/mol. The van der Waals surface area contributed by atoms with E-state index < -0.39 is 0 Å². The van der Waals surface area contributed by atoms with Crippen molar-refractivity contribution >= 4 is 18.0 Å². The van der Waals surface area contributed by atoms with Crippen LogP contribution in [0.2, 0.25) is 0 Å². The SMILES string of the molecule is Cc1cc(C)n2c(=S)n(C[NH+](Cc3ccc(F)cc3)C3CC3)nc2n1. The molecule has 0 spiro atoms. The van der Waals surface area contributed by atoms with Crippen molar-refractivity contribution in [3.63, 3.8) is 0 Å². The maximum atomic E-state index is 13.1. The Kier molecular flexibility index (Phi) is 4.13. The van der Waals surface area contributed by atoms with Gasteiger partial charge in [0.25, 0.3) is 5.78 Å². The summed E-state index contributed by atoms with van der Waals surface area (Å²) in [5, 5.41) is 4.62. The lowest BCUT2D eigenvalue weighted by Gasteiger charge is -2.18. The van der Waals surface area contributed by atoms with Crippen molar-refractivity contribution in [1.29, 1.82) is 0 Å². The van der Waals surface area contributed by atoms with E-state index in [0.29, 0.717) is 23.3 Å². The van der Waals surface area contributed by atoms with Crippen LogP contribution in [0.25, 0.3) is 5.78 Å². The number of nitrogens with one attached hydrogen (secondary N) is 1. The Morgan fingerprint density at radius 1 is 1.24 bits per heavy atom. The summed E-state index contributed by atoms with van der Waals surface area (Å²) >= 11 is 5.63. The van der Waals surface area contributed by atoms with Crippen LogP contribution in [-0.4, -0.2) is 25.2 Å². The van der Waals surface area contributed by atoms with Gasteiger partial charge in [-0.2, -0.15) is 4.68 Å². The highest BCUT2D eigenvalue weighted by atomic mass is 32.1. The molecule has 0 amide bonds. The first-order valence-corrected chi connectivity index (χ1v) is 8.95. The molecule has 1 fully saturated rings. The predicted molar refractivity (Wildman–Crippen MR) is 95.4 cm³/mol. The zero-order chi connectivity index (χ0) is 17.6. The molecule has 2 heterocycles. The van der Waals surface area contributed by atoms with Gasteiger partial charge in [-0.25, -0.2) is 9.37 Å². The summed E-state index contributed by atoms with van der Waals surface area (Å²) < 4.78 is 17.6. The lowest BCUT2D eigenvalue weighted by atomic mass is 10.2. The largest absolute Gasteiger partial charge is 0.310 e. The van der Waals surface area contributed by atoms with Crippen molar-refractivity contribution in [2.45, 2.75) is 45.9 Å². The Bertz CT molecular complexity index is 972. The Balaban J connectivity index is 1.63. The number of halogens is 1. The lowest BCUT2D eigenvalue weighted by molar-refractivity contribution is -0.947. The van der Waals surface area contributed by atoms with Gasteiger partial charge in [0.2, 0.25) is 4.77 Å². The van der Waals surface area contributed by atoms with Crippen LogP contribution in [-0.2, 0) is 13.2 Å². The summed E-state index contributed by atoms with van der Waals surface area (Å²) in [6.45, 7) is 5.52. The second-order valence-electron chi connectivity index (χ2n) is 6.85. The molecule has 0 radical (unpaired) electrons. The third-order valence-corrected chi connectivity index (χ3v) is 5.11. The van der Waals surface area contributed by atoms with Gasteiger partial charge in [-0.1, -0.05) is 12.1 Å². The van der Waals surface area contributed by atoms with E-state index >= 15 is 0 Å². The van der Waals surface area contributed by atoms with Gasteiger partial charge in [0.1, 0.15) is 12.4 Å². The average Bonchev–Trinajstić information content (AvgIpc) is 3.35. The van der Waals surface area contributed by atoms with E-state index in [1.165, 1.54) is 29.9 Å². The van der Waals surface area contributed by atoms with E-state index in [-0.39, 0.29) is 5.82 Å². The van der Waals surface area contributed by atoms with Crippen LogP contribution in [0.5, 0.6) is 0 Å². The van der Waals surface area contributed by atoms with Crippen LogP contribution in [0.4, 0.5) is 4.39 Å². The molecule has 3 aromatic rings. The minimum atomic E-state index is -0.198. The highest BCUT2D eigenvalue weighted by Gasteiger charge is 2.34. The molecule has 7 heteroatoms.